The minimum Gasteiger partial charge on any atom is -0.434 e. The number of amides is 2. The van der Waals surface area contributed by atoms with Gasteiger partial charge in [0.05, 0.1) is 30.0 Å². The number of urea groups is 1. The zero-order chi connectivity index (χ0) is 30.4. The lowest BCUT2D eigenvalue weighted by Crippen LogP contribution is -2.52. The van der Waals surface area contributed by atoms with Crippen molar-refractivity contribution in [1.29, 1.82) is 0 Å². The first kappa shape index (κ1) is 27.6. The highest BCUT2D eigenvalue weighted by Crippen LogP contribution is 2.28. The molecule has 5 heterocycles. The number of anilines is 1. The van der Waals surface area contributed by atoms with Crippen LogP contribution in [0.1, 0.15) is 11.1 Å². The predicted molar refractivity (Wildman–Crippen MR) is 158 cm³/mol. The van der Waals surface area contributed by atoms with Crippen LogP contribution in [0.25, 0.3) is 22.0 Å². The van der Waals surface area contributed by atoms with Crippen molar-refractivity contribution in [3.63, 3.8) is 0 Å². The van der Waals surface area contributed by atoms with Gasteiger partial charge in [0.1, 0.15) is 5.75 Å². The van der Waals surface area contributed by atoms with E-state index in [4.69, 9.17) is 4.74 Å². The largest absolute Gasteiger partial charge is 0.434 e. The SMILES string of the molecule is Cn1c(=O)c2ccc(-c3cnc(N4CCN5C(=O)NC[C@@H]5C4)nc3)cc2n1Cc1cc(Cn2cccn2)ccc1OC(F)F. The monoisotopic (exact) mass is 601 g/mol. The zero-order valence-corrected chi connectivity index (χ0v) is 23.8. The van der Waals surface area contributed by atoms with E-state index in [1.165, 1.54) is 10.7 Å². The van der Waals surface area contributed by atoms with E-state index < -0.39 is 6.61 Å². The predicted octanol–water partition coefficient (Wildman–Crippen LogP) is 2.91. The van der Waals surface area contributed by atoms with Gasteiger partial charge in [-0.1, -0.05) is 12.1 Å². The Balaban J connectivity index is 1.19. The topological polar surface area (TPSA) is 115 Å². The molecule has 226 valence electrons. The van der Waals surface area contributed by atoms with Crippen molar-refractivity contribution in [3.8, 4) is 16.9 Å². The molecule has 5 aromatic rings. The van der Waals surface area contributed by atoms with Crippen LogP contribution in [0.2, 0.25) is 0 Å². The van der Waals surface area contributed by atoms with Crippen molar-refractivity contribution in [2.24, 2.45) is 7.05 Å². The van der Waals surface area contributed by atoms with Gasteiger partial charge in [0.25, 0.3) is 5.56 Å². The second kappa shape index (κ2) is 11.1. The molecule has 12 nitrogen and oxygen atoms in total. The van der Waals surface area contributed by atoms with Gasteiger partial charge in [0.15, 0.2) is 0 Å². The highest BCUT2D eigenvalue weighted by atomic mass is 19.3. The van der Waals surface area contributed by atoms with Crippen LogP contribution in [0, 0.1) is 0 Å². The molecule has 0 spiro atoms. The van der Waals surface area contributed by atoms with Gasteiger partial charge in [0.2, 0.25) is 5.95 Å². The number of alkyl halides is 2. The number of aromatic nitrogens is 6. The van der Waals surface area contributed by atoms with Gasteiger partial charge in [-0.25, -0.2) is 14.8 Å². The minimum absolute atomic E-state index is 0.0274. The van der Waals surface area contributed by atoms with Gasteiger partial charge >= 0.3 is 12.6 Å². The molecular formula is C30H29F2N9O3. The van der Waals surface area contributed by atoms with Gasteiger partial charge in [-0.05, 0) is 41.5 Å². The summed E-state index contributed by atoms with van der Waals surface area (Å²) in [6, 6.07) is 12.4. The molecule has 0 saturated carbocycles. The van der Waals surface area contributed by atoms with Crippen LogP contribution in [0.4, 0.5) is 19.5 Å². The van der Waals surface area contributed by atoms with E-state index >= 15 is 0 Å². The van der Waals surface area contributed by atoms with E-state index in [9.17, 15) is 18.4 Å². The normalized spacial score (nSPS) is 16.5. The first-order valence-corrected chi connectivity index (χ1v) is 14.2. The smallest absolute Gasteiger partial charge is 0.387 e. The molecule has 2 aliphatic heterocycles. The van der Waals surface area contributed by atoms with Crippen molar-refractivity contribution in [2.45, 2.75) is 25.7 Å². The number of nitrogens with zero attached hydrogens (tertiary/aromatic N) is 8. The van der Waals surface area contributed by atoms with Crippen LogP contribution in [0.3, 0.4) is 0 Å². The molecule has 2 amide bonds. The minimum atomic E-state index is -2.99. The maximum Gasteiger partial charge on any atom is 0.387 e. The van der Waals surface area contributed by atoms with Gasteiger partial charge in [0, 0.05) is 69.1 Å². The third-order valence-corrected chi connectivity index (χ3v) is 8.21. The molecule has 1 atom stereocenters. The molecule has 0 unspecified atom stereocenters. The highest BCUT2D eigenvalue weighted by molar-refractivity contribution is 5.84. The summed E-state index contributed by atoms with van der Waals surface area (Å²) in [7, 11) is 1.65. The number of carbonyl (C=O) groups is 1. The molecule has 2 fully saturated rings. The van der Waals surface area contributed by atoms with Gasteiger partial charge in [-0.15, -0.1) is 0 Å². The van der Waals surface area contributed by atoms with Crippen molar-refractivity contribution < 1.29 is 18.3 Å². The fraction of sp³-hybridized carbons (Fsp3) is 0.300. The zero-order valence-electron chi connectivity index (χ0n) is 23.8. The van der Waals surface area contributed by atoms with Crippen molar-refractivity contribution in [2.75, 3.05) is 31.1 Å². The summed E-state index contributed by atoms with van der Waals surface area (Å²) >= 11 is 0. The summed E-state index contributed by atoms with van der Waals surface area (Å²) in [6.45, 7) is 0.0923. The number of rotatable bonds is 8. The average molecular weight is 602 g/mol. The van der Waals surface area contributed by atoms with Gasteiger partial charge in [-0.3, -0.25) is 18.8 Å². The Bertz CT molecular complexity index is 1890. The lowest BCUT2D eigenvalue weighted by molar-refractivity contribution is -0.0505. The molecule has 7 rings (SSSR count). The lowest BCUT2D eigenvalue weighted by Gasteiger charge is -2.36. The number of carbonyl (C=O) groups excluding carboxylic acids is 1. The third kappa shape index (κ3) is 5.12. The number of hydrogen-bond acceptors (Lipinski definition) is 7. The lowest BCUT2D eigenvalue weighted by atomic mass is 10.1. The number of piperazine rings is 1. The summed E-state index contributed by atoms with van der Waals surface area (Å²) in [5.41, 5.74) is 3.34. The van der Waals surface area contributed by atoms with Crippen LogP contribution in [0.15, 0.2) is 72.0 Å². The summed E-state index contributed by atoms with van der Waals surface area (Å²) in [5, 5.41) is 7.60. The second-order valence-electron chi connectivity index (χ2n) is 10.9. The Morgan fingerprint density at radius 3 is 2.66 bits per heavy atom. The van der Waals surface area contributed by atoms with Crippen LogP contribution in [-0.2, 0) is 20.1 Å². The maximum atomic E-state index is 13.3. The number of benzene rings is 2. The number of nitrogens with one attached hydrogen (secondary N) is 1. The van der Waals surface area contributed by atoms with Gasteiger partial charge < -0.3 is 19.9 Å². The number of fused-ring (bicyclic) bond motifs is 2. The van der Waals surface area contributed by atoms with Crippen molar-refractivity contribution in [1.82, 2.24) is 39.3 Å². The first-order chi connectivity index (χ1) is 21.3. The van der Waals surface area contributed by atoms with Crippen LogP contribution in [-0.4, -0.2) is 78.9 Å². The highest BCUT2D eigenvalue weighted by Gasteiger charge is 2.36. The molecule has 0 aliphatic carbocycles. The standard InChI is InChI=1S/C30H29F2N9O3/c1-37-27(42)24-5-4-20(22-13-33-29(34-14-22)38-9-10-40-23(18-38)15-35-30(40)43)12-25(24)41(37)17-21-11-19(16-39-8-2-7-36-39)3-6-26(21)44-28(31)32/h2-8,11-14,23,28H,9-10,15-18H2,1H3,(H,35,43)/t23-/m1/s1. The van der Waals surface area contributed by atoms with E-state index in [-0.39, 0.29) is 29.9 Å². The summed E-state index contributed by atoms with van der Waals surface area (Å²) in [5.74, 6) is 0.629. The van der Waals surface area contributed by atoms with Crippen LogP contribution >= 0.6 is 0 Å². The number of ether oxygens (including phenoxy) is 1. The summed E-state index contributed by atoms with van der Waals surface area (Å²) < 4.78 is 36.4. The van der Waals surface area contributed by atoms with E-state index in [2.05, 4.69) is 25.3 Å². The van der Waals surface area contributed by atoms with Crippen molar-refractivity contribution in [3.05, 3.63) is 88.7 Å². The first-order valence-electron chi connectivity index (χ1n) is 14.2. The summed E-state index contributed by atoms with van der Waals surface area (Å²) in [4.78, 5) is 38.2. The molecule has 2 aromatic carbocycles. The molecule has 44 heavy (non-hydrogen) atoms. The molecule has 0 bridgehead atoms. The van der Waals surface area contributed by atoms with E-state index in [1.807, 2.05) is 29.3 Å². The van der Waals surface area contributed by atoms with E-state index in [0.717, 1.165) is 16.7 Å². The Morgan fingerprint density at radius 2 is 1.89 bits per heavy atom. The Hall–Kier alpha value is -5.27. The molecule has 3 aromatic heterocycles. The molecule has 14 heteroatoms. The van der Waals surface area contributed by atoms with Crippen LogP contribution in [0.5, 0.6) is 5.75 Å². The number of hydrogen-bond donors (Lipinski definition) is 1. The third-order valence-electron chi connectivity index (χ3n) is 8.21. The number of halogens is 2. The Morgan fingerprint density at radius 1 is 1.05 bits per heavy atom. The Labute approximate surface area is 250 Å². The molecule has 1 N–H and O–H groups in total. The maximum absolute atomic E-state index is 13.3. The molecule has 0 radical (unpaired) electrons. The summed E-state index contributed by atoms with van der Waals surface area (Å²) in [6.07, 6.45) is 6.98. The van der Waals surface area contributed by atoms with E-state index in [1.54, 1.807) is 53.2 Å². The molecular weight excluding hydrogens is 572 g/mol. The molecule has 2 aliphatic rings. The average Bonchev–Trinajstić information content (AvgIpc) is 3.74. The fourth-order valence-electron chi connectivity index (χ4n) is 5.97. The van der Waals surface area contributed by atoms with Crippen LogP contribution < -0.4 is 20.5 Å². The Kier molecular flexibility index (Phi) is 6.95. The van der Waals surface area contributed by atoms with Gasteiger partial charge in [-0.2, -0.15) is 13.9 Å². The quantitative estimate of drug-likeness (QED) is 0.291. The second-order valence-corrected chi connectivity index (χ2v) is 10.9. The molecule has 2 saturated heterocycles. The fourth-order valence-corrected chi connectivity index (χ4v) is 5.97. The van der Waals surface area contributed by atoms with Crippen molar-refractivity contribution >= 4 is 22.9 Å². The van der Waals surface area contributed by atoms with E-state index in [0.29, 0.717) is 55.1 Å².